The van der Waals surface area contributed by atoms with Crippen LogP contribution in [0.15, 0.2) is 12.1 Å². The molecule has 0 bridgehead atoms. The zero-order valence-corrected chi connectivity index (χ0v) is 13.0. The lowest BCUT2D eigenvalue weighted by Crippen LogP contribution is -2.24. The van der Waals surface area contributed by atoms with Crippen LogP contribution in [0.5, 0.6) is 17.2 Å². The Labute approximate surface area is 121 Å². The van der Waals surface area contributed by atoms with Gasteiger partial charge in [-0.2, -0.15) is 0 Å². The zero-order valence-electron chi connectivity index (χ0n) is 13.0. The predicted octanol–water partition coefficient (Wildman–Crippen LogP) is 3.02. The molecule has 4 nitrogen and oxygen atoms in total. The summed E-state index contributed by atoms with van der Waals surface area (Å²) in [5.41, 5.74) is 1.15. The molecule has 0 radical (unpaired) electrons. The van der Waals surface area contributed by atoms with Crippen LogP contribution in [-0.2, 0) is 0 Å². The molecule has 0 aliphatic heterocycles. The van der Waals surface area contributed by atoms with Crippen molar-refractivity contribution in [3.8, 4) is 17.2 Å². The van der Waals surface area contributed by atoms with E-state index in [9.17, 15) is 0 Å². The van der Waals surface area contributed by atoms with E-state index in [0.29, 0.717) is 23.5 Å². The Bertz CT molecular complexity index is 461. The number of methoxy groups -OCH3 is 3. The molecule has 2 rings (SSSR count). The molecule has 0 saturated heterocycles. The Kier molecular flexibility index (Phi) is 4.76. The summed E-state index contributed by atoms with van der Waals surface area (Å²) in [5.74, 6) is 3.58. The highest BCUT2D eigenvalue weighted by Gasteiger charge is 2.41. The van der Waals surface area contributed by atoms with Gasteiger partial charge in [-0.25, -0.2) is 0 Å². The van der Waals surface area contributed by atoms with Crippen LogP contribution in [-0.4, -0.2) is 27.9 Å². The average molecular weight is 279 g/mol. The molecule has 1 aromatic carbocycles. The minimum absolute atomic E-state index is 0.310. The molecular weight excluding hydrogens is 254 g/mol. The van der Waals surface area contributed by atoms with Crippen LogP contribution in [0.3, 0.4) is 0 Å². The lowest BCUT2D eigenvalue weighted by molar-refractivity contribution is 0.317. The minimum Gasteiger partial charge on any atom is -0.493 e. The highest BCUT2D eigenvalue weighted by Crippen LogP contribution is 2.51. The summed E-state index contributed by atoms with van der Waals surface area (Å²) in [6.45, 7) is 5.36. The summed E-state index contributed by atoms with van der Waals surface area (Å²) in [6, 6.07) is 4.34. The Balaban J connectivity index is 2.43. The molecule has 1 saturated carbocycles. The first-order chi connectivity index (χ1) is 9.67. The molecule has 4 heteroatoms. The van der Waals surface area contributed by atoms with E-state index in [0.717, 1.165) is 23.8 Å². The van der Waals surface area contributed by atoms with Gasteiger partial charge in [0.2, 0.25) is 5.75 Å². The van der Waals surface area contributed by atoms with E-state index in [-0.39, 0.29) is 0 Å². The van der Waals surface area contributed by atoms with Crippen molar-refractivity contribution in [3.05, 3.63) is 17.7 Å². The summed E-state index contributed by atoms with van der Waals surface area (Å²) in [7, 11) is 4.97. The Morgan fingerprint density at radius 2 is 1.80 bits per heavy atom. The molecule has 112 valence electrons. The van der Waals surface area contributed by atoms with E-state index in [1.54, 1.807) is 21.3 Å². The van der Waals surface area contributed by atoms with Crippen molar-refractivity contribution >= 4 is 0 Å². The average Bonchev–Trinajstić information content (AvgIpc) is 3.19. The van der Waals surface area contributed by atoms with E-state index in [2.05, 4.69) is 25.2 Å². The van der Waals surface area contributed by atoms with Crippen LogP contribution in [0.25, 0.3) is 0 Å². The van der Waals surface area contributed by atoms with Gasteiger partial charge in [-0.3, -0.25) is 0 Å². The van der Waals surface area contributed by atoms with Gasteiger partial charge >= 0.3 is 0 Å². The third-order valence-electron chi connectivity index (χ3n) is 4.09. The summed E-state index contributed by atoms with van der Waals surface area (Å²) < 4.78 is 16.4. The van der Waals surface area contributed by atoms with Gasteiger partial charge < -0.3 is 19.5 Å². The second-order valence-electron chi connectivity index (χ2n) is 5.34. The molecule has 0 heterocycles. The second kappa shape index (κ2) is 6.35. The first-order valence-electron chi connectivity index (χ1n) is 7.20. The first-order valence-corrected chi connectivity index (χ1v) is 7.20. The number of hydrogen-bond donors (Lipinski definition) is 1. The fraction of sp³-hybridized carbons (Fsp3) is 0.625. The third kappa shape index (κ3) is 2.70. The Hall–Kier alpha value is -1.42. The molecule has 1 aliphatic rings. The van der Waals surface area contributed by atoms with Crippen LogP contribution < -0.4 is 19.5 Å². The molecule has 0 spiro atoms. The van der Waals surface area contributed by atoms with Crippen LogP contribution in [0, 0.1) is 11.8 Å². The van der Waals surface area contributed by atoms with Gasteiger partial charge in [0.25, 0.3) is 0 Å². The topological polar surface area (TPSA) is 39.7 Å². The molecule has 1 fully saturated rings. The Morgan fingerprint density at radius 3 is 2.25 bits per heavy atom. The quantitative estimate of drug-likeness (QED) is 0.833. The normalized spacial score (nSPS) is 22.2. The van der Waals surface area contributed by atoms with E-state index in [1.807, 2.05) is 6.07 Å². The van der Waals surface area contributed by atoms with Gasteiger partial charge in [0.1, 0.15) is 0 Å². The van der Waals surface area contributed by atoms with Gasteiger partial charge in [-0.1, -0.05) is 13.8 Å². The van der Waals surface area contributed by atoms with Gasteiger partial charge in [0.15, 0.2) is 11.5 Å². The van der Waals surface area contributed by atoms with Crippen molar-refractivity contribution in [2.45, 2.75) is 26.3 Å². The maximum Gasteiger partial charge on any atom is 0.203 e. The standard InChI is InChI=1S/C16H25NO3/c1-6-17-14(12-9-10(12)2)11-7-8-13(18-3)16(20-5)15(11)19-4/h7-8,10,12,14,17H,6,9H2,1-5H3. The number of hydrogen-bond acceptors (Lipinski definition) is 4. The van der Waals surface area contributed by atoms with Crippen LogP contribution in [0.1, 0.15) is 31.9 Å². The van der Waals surface area contributed by atoms with Crippen molar-refractivity contribution in [1.29, 1.82) is 0 Å². The largest absolute Gasteiger partial charge is 0.493 e. The summed E-state index contributed by atoms with van der Waals surface area (Å²) in [5, 5.41) is 3.58. The molecule has 3 unspecified atom stereocenters. The summed E-state index contributed by atoms with van der Waals surface area (Å²) >= 11 is 0. The monoisotopic (exact) mass is 279 g/mol. The van der Waals surface area contributed by atoms with Crippen LogP contribution in [0.4, 0.5) is 0 Å². The molecule has 0 amide bonds. The van der Waals surface area contributed by atoms with Crippen molar-refractivity contribution in [2.24, 2.45) is 11.8 Å². The van der Waals surface area contributed by atoms with Gasteiger partial charge in [0, 0.05) is 11.6 Å². The number of ether oxygens (including phenoxy) is 3. The van der Waals surface area contributed by atoms with Crippen LogP contribution >= 0.6 is 0 Å². The van der Waals surface area contributed by atoms with Crippen molar-refractivity contribution < 1.29 is 14.2 Å². The number of rotatable bonds is 7. The number of nitrogens with one attached hydrogen (secondary N) is 1. The van der Waals surface area contributed by atoms with Crippen molar-refractivity contribution in [1.82, 2.24) is 5.32 Å². The SMILES string of the molecule is CCNC(c1ccc(OC)c(OC)c1OC)C1CC1C. The number of benzene rings is 1. The smallest absolute Gasteiger partial charge is 0.203 e. The van der Waals surface area contributed by atoms with Gasteiger partial charge in [-0.15, -0.1) is 0 Å². The maximum absolute atomic E-state index is 5.61. The van der Waals surface area contributed by atoms with Crippen molar-refractivity contribution in [2.75, 3.05) is 27.9 Å². The van der Waals surface area contributed by atoms with E-state index >= 15 is 0 Å². The van der Waals surface area contributed by atoms with E-state index < -0.39 is 0 Å². The lowest BCUT2D eigenvalue weighted by atomic mass is 9.99. The molecule has 0 aromatic heterocycles. The second-order valence-corrected chi connectivity index (χ2v) is 5.34. The minimum atomic E-state index is 0.310. The molecule has 20 heavy (non-hydrogen) atoms. The summed E-state index contributed by atoms with van der Waals surface area (Å²) in [6.07, 6.45) is 1.26. The molecule has 3 atom stereocenters. The van der Waals surface area contributed by atoms with E-state index in [1.165, 1.54) is 6.42 Å². The molecule has 1 aromatic rings. The van der Waals surface area contributed by atoms with E-state index in [4.69, 9.17) is 14.2 Å². The predicted molar refractivity (Wildman–Crippen MR) is 79.8 cm³/mol. The van der Waals surface area contributed by atoms with Gasteiger partial charge in [-0.05, 0) is 36.9 Å². The zero-order chi connectivity index (χ0) is 14.7. The highest BCUT2D eigenvalue weighted by molar-refractivity contribution is 5.57. The highest BCUT2D eigenvalue weighted by atomic mass is 16.5. The molecular formula is C16H25NO3. The Morgan fingerprint density at radius 1 is 1.15 bits per heavy atom. The third-order valence-corrected chi connectivity index (χ3v) is 4.09. The fourth-order valence-corrected chi connectivity index (χ4v) is 2.90. The summed E-state index contributed by atoms with van der Waals surface area (Å²) in [4.78, 5) is 0. The molecule has 1 N–H and O–H groups in total. The first kappa shape index (κ1) is 15.0. The lowest BCUT2D eigenvalue weighted by Gasteiger charge is -2.23. The van der Waals surface area contributed by atoms with Crippen LogP contribution in [0.2, 0.25) is 0 Å². The maximum atomic E-state index is 5.61. The van der Waals surface area contributed by atoms with Crippen molar-refractivity contribution in [3.63, 3.8) is 0 Å². The van der Waals surface area contributed by atoms with Gasteiger partial charge in [0.05, 0.1) is 21.3 Å². The fourth-order valence-electron chi connectivity index (χ4n) is 2.90. The molecule has 1 aliphatic carbocycles.